The third kappa shape index (κ3) is 10.2. The van der Waals surface area contributed by atoms with Crippen molar-refractivity contribution in [1.29, 1.82) is 0 Å². The molecule has 6 N–H and O–H groups in total. The van der Waals surface area contributed by atoms with E-state index in [4.69, 9.17) is 11.5 Å². The molecule has 0 radical (unpaired) electrons. The van der Waals surface area contributed by atoms with Gasteiger partial charge in [-0.05, 0) is 96.1 Å². The molecule has 0 saturated heterocycles. The first kappa shape index (κ1) is 36.2. The maximum atomic E-state index is 13.6. The highest BCUT2D eigenvalue weighted by molar-refractivity contribution is 5.98. The highest BCUT2D eigenvalue weighted by Crippen LogP contribution is 2.24. The number of amides is 3. The normalized spacial score (nSPS) is 12.0. The number of nitrogens with one attached hydrogen (secondary N) is 2. The Morgan fingerprint density at radius 2 is 1.57 bits per heavy atom. The van der Waals surface area contributed by atoms with Gasteiger partial charge in [-0.25, -0.2) is 4.39 Å². The van der Waals surface area contributed by atoms with Crippen LogP contribution in [-0.2, 0) is 17.8 Å². The first-order chi connectivity index (χ1) is 24.7. The Bertz CT molecular complexity index is 1960. The van der Waals surface area contributed by atoms with E-state index in [1.165, 1.54) is 24.3 Å². The number of rotatable bonds is 15. The molecule has 0 fully saturated rings. The zero-order valence-electron chi connectivity index (χ0n) is 28.5. The van der Waals surface area contributed by atoms with E-state index in [0.29, 0.717) is 43.5 Å². The summed E-state index contributed by atoms with van der Waals surface area (Å²) in [5, 5.41) is 8.08. The van der Waals surface area contributed by atoms with Gasteiger partial charge in [0, 0.05) is 43.2 Å². The van der Waals surface area contributed by atoms with Crippen LogP contribution >= 0.6 is 0 Å². The Kier molecular flexibility index (Phi) is 12.4. The molecule has 5 aromatic rings. The second kappa shape index (κ2) is 17.5. The molecule has 0 saturated carbocycles. The zero-order valence-corrected chi connectivity index (χ0v) is 28.5. The van der Waals surface area contributed by atoms with E-state index in [-0.39, 0.29) is 30.4 Å². The molecule has 51 heavy (non-hydrogen) atoms. The molecular weight excluding hydrogens is 645 g/mol. The van der Waals surface area contributed by atoms with E-state index in [1.807, 2.05) is 61.5 Å². The first-order valence-electron chi connectivity index (χ1n) is 16.8. The van der Waals surface area contributed by atoms with Crippen LogP contribution in [-0.4, -0.2) is 52.7 Å². The number of fused-ring (bicyclic) bond motifs is 1. The lowest BCUT2D eigenvalue weighted by Crippen LogP contribution is -2.47. The molecule has 0 aliphatic carbocycles. The van der Waals surface area contributed by atoms with Crippen LogP contribution < -0.4 is 22.1 Å². The minimum Gasteiger partial charge on any atom is -0.370 e. The Labute approximate surface area is 296 Å². The lowest BCUT2D eigenvalue weighted by atomic mass is 9.99. The Morgan fingerprint density at radius 1 is 0.843 bits per heavy atom. The number of hydrogen-bond donors (Lipinski definition) is 4. The largest absolute Gasteiger partial charge is 0.370 e. The molecular formula is C40H42FN7O3. The zero-order chi connectivity index (χ0) is 36.2. The Morgan fingerprint density at radius 3 is 2.29 bits per heavy atom. The SMILES string of the molecule is C[C@H](NC(=O)[C@H](CCCN=C(N)N)NC(=O)c1ccc(CN(CCc2cccnc2)C(=O)c2ccc(F)cc2)cc1)c1cccc2ccccc12. The minimum absolute atomic E-state index is 0.0419. The lowest BCUT2D eigenvalue weighted by Gasteiger charge is -2.24. The smallest absolute Gasteiger partial charge is 0.254 e. The fourth-order valence-electron chi connectivity index (χ4n) is 5.85. The van der Waals surface area contributed by atoms with Crippen molar-refractivity contribution in [2.75, 3.05) is 13.1 Å². The van der Waals surface area contributed by atoms with Crippen molar-refractivity contribution in [2.45, 2.75) is 44.8 Å². The summed E-state index contributed by atoms with van der Waals surface area (Å²) < 4.78 is 13.6. The fourth-order valence-corrected chi connectivity index (χ4v) is 5.85. The number of halogens is 1. The van der Waals surface area contributed by atoms with Gasteiger partial charge in [0.15, 0.2) is 5.96 Å². The maximum Gasteiger partial charge on any atom is 0.254 e. The van der Waals surface area contributed by atoms with Crippen molar-refractivity contribution in [3.05, 3.63) is 149 Å². The van der Waals surface area contributed by atoms with Crippen LogP contribution in [0.3, 0.4) is 0 Å². The number of guanidine groups is 1. The predicted octanol–water partition coefficient (Wildman–Crippen LogP) is 5.29. The maximum absolute atomic E-state index is 13.6. The molecule has 3 amide bonds. The number of hydrogen-bond acceptors (Lipinski definition) is 5. The summed E-state index contributed by atoms with van der Waals surface area (Å²) in [6, 6.07) is 28.9. The van der Waals surface area contributed by atoms with Crippen molar-refractivity contribution in [2.24, 2.45) is 16.5 Å². The van der Waals surface area contributed by atoms with Gasteiger partial charge < -0.3 is 27.0 Å². The van der Waals surface area contributed by atoms with Gasteiger partial charge in [-0.15, -0.1) is 0 Å². The molecule has 0 unspecified atom stereocenters. The van der Waals surface area contributed by atoms with Crippen molar-refractivity contribution in [3.8, 4) is 0 Å². The predicted molar refractivity (Wildman–Crippen MR) is 197 cm³/mol. The number of nitrogens with two attached hydrogens (primary N) is 2. The van der Waals surface area contributed by atoms with Gasteiger partial charge >= 0.3 is 0 Å². The molecule has 5 rings (SSSR count). The summed E-state index contributed by atoms with van der Waals surface area (Å²) in [5.74, 6) is -1.45. The second-order valence-corrected chi connectivity index (χ2v) is 12.3. The molecule has 262 valence electrons. The number of aromatic nitrogens is 1. The molecule has 0 bridgehead atoms. The third-order valence-corrected chi connectivity index (χ3v) is 8.58. The van der Waals surface area contributed by atoms with Crippen LogP contribution in [0.5, 0.6) is 0 Å². The third-order valence-electron chi connectivity index (χ3n) is 8.58. The molecule has 0 aliphatic rings. The Hall–Kier alpha value is -6.10. The highest BCUT2D eigenvalue weighted by Gasteiger charge is 2.24. The van der Waals surface area contributed by atoms with Gasteiger partial charge in [-0.1, -0.05) is 60.7 Å². The van der Waals surface area contributed by atoms with E-state index in [1.54, 1.807) is 41.6 Å². The molecule has 10 nitrogen and oxygen atoms in total. The van der Waals surface area contributed by atoms with Crippen LogP contribution in [0, 0.1) is 5.82 Å². The van der Waals surface area contributed by atoms with Crippen molar-refractivity contribution < 1.29 is 18.8 Å². The van der Waals surface area contributed by atoms with Gasteiger partial charge in [0.25, 0.3) is 11.8 Å². The fraction of sp³-hybridized carbons (Fsp3) is 0.225. The topological polar surface area (TPSA) is 156 Å². The van der Waals surface area contributed by atoms with Crippen LogP contribution in [0.15, 0.2) is 121 Å². The second-order valence-electron chi connectivity index (χ2n) is 12.3. The number of carbonyl (C=O) groups is 3. The number of pyridine rings is 1. The van der Waals surface area contributed by atoms with Crippen molar-refractivity contribution in [3.63, 3.8) is 0 Å². The van der Waals surface area contributed by atoms with Crippen molar-refractivity contribution in [1.82, 2.24) is 20.5 Å². The molecule has 4 aromatic carbocycles. The monoisotopic (exact) mass is 687 g/mol. The van der Waals surface area contributed by atoms with E-state index >= 15 is 0 Å². The van der Waals surface area contributed by atoms with Gasteiger partial charge in [-0.3, -0.25) is 24.4 Å². The molecule has 2 atom stereocenters. The van der Waals surface area contributed by atoms with Crippen LogP contribution in [0.1, 0.15) is 63.2 Å². The van der Waals surface area contributed by atoms with E-state index in [9.17, 15) is 18.8 Å². The lowest BCUT2D eigenvalue weighted by molar-refractivity contribution is -0.123. The molecule has 1 heterocycles. The van der Waals surface area contributed by atoms with Gasteiger partial charge in [0.2, 0.25) is 5.91 Å². The molecule has 1 aromatic heterocycles. The van der Waals surface area contributed by atoms with Gasteiger partial charge in [0.05, 0.1) is 6.04 Å². The van der Waals surface area contributed by atoms with Gasteiger partial charge in [-0.2, -0.15) is 0 Å². The summed E-state index contributed by atoms with van der Waals surface area (Å²) in [7, 11) is 0. The van der Waals surface area contributed by atoms with Crippen LogP contribution in [0.4, 0.5) is 4.39 Å². The van der Waals surface area contributed by atoms with Crippen LogP contribution in [0.25, 0.3) is 10.8 Å². The van der Waals surface area contributed by atoms with Gasteiger partial charge in [0.1, 0.15) is 11.9 Å². The summed E-state index contributed by atoms with van der Waals surface area (Å²) >= 11 is 0. The first-order valence-corrected chi connectivity index (χ1v) is 16.8. The van der Waals surface area contributed by atoms with Crippen LogP contribution in [0.2, 0.25) is 0 Å². The van der Waals surface area contributed by atoms with E-state index in [0.717, 1.165) is 27.5 Å². The van der Waals surface area contributed by atoms with E-state index < -0.39 is 17.8 Å². The Balaban J connectivity index is 1.28. The van der Waals surface area contributed by atoms with Crippen molar-refractivity contribution >= 4 is 34.5 Å². The molecule has 0 aliphatic heterocycles. The number of aliphatic imine (C=N–C) groups is 1. The number of nitrogens with zero attached hydrogens (tertiary/aromatic N) is 3. The highest BCUT2D eigenvalue weighted by atomic mass is 19.1. The molecule has 0 spiro atoms. The summed E-state index contributed by atoms with van der Waals surface area (Å²) in [6.07, 6.45) is 4.80. The number of carbonyl (C=O) groups excluding carboxylic acids is 3. The number of benzene rings is 4. The quantitative estimate of drug-likeness (QED) is 0.0666. The molecule has 11 heteroatoms. The summed E-state index contributed by atoms with van der Waals surface area (Å²) in [5.41, 5.74) is 14.4. The average Bonchev–Trinajstić information content (AvgIpc) is 3.14. The summed E-state index contributed by atoms with van der Waals surface area (Å²) in [4.78, 5) is 50.4. The average molecular weight is 688 g/mol. The summed E-state index contributed by atoms with van der Waals surface area (Å²) in [6.45, 7) is 2.89. The minimum atomic E-state index is -0.847. The van der Waals surface area contributed by atoms with E-state index in [2.05, 4.69) is 20.6 Å². The standard InChI is InChI=1S/C40H42FN7O3/c1-27(34-11-4-9-30-8-2-3-10-35(30)34)46-38(50)36(12-6-23-45-40(42)43)47-37(49)31-15-13-29(14-16-31)26-48(24-21-28-7-5-22-44-25-28)39(51)32-17-19-33(41)20-18-32/h2-5,7-11,13-20,22,25,27,36H,6,12,21,23-24,26H2,1H3,(H,46,50)(H,47,49)(H4,42,43,45)/t27-,36-/m0/s1.